The summed E-state index contributed by atoms with van der Waals surface area (Å²) in [5.41, 5.74) is 0. The van der Waals surface area contributed by atoms with Gasteiger partial charge in [-0.25, -0.2) is 0 Å². The summed E-state index contributed by atoms with van der Waals surface area (Å²) in [6.07, 6.45) is 4.00. The summed E-state index contributed by atoms with van der Waals surface area (Å²) in [4.78, 5) is 12.4. The molecule has 2 N–H and O–H groups in total. The minimum Gasteiger partial charge on any atom is -0.481 e. The van der Waals surface area contributed by atoms with Gasteiger partial charge in [-0.2, -0.15) is 0 Å². The number of carboxylic acid groups (broad SMARTS) is 1. The predicted molar refractivity (Wildman–Crippen MR) is 64.5 cm³/mol. The zero-order chi connectivity index (χ0) is 11.4. The smallest absolute Gasteiger partial charge is 0.308 e. The topological polar surface area (TPSA) is 49.3 Å². The van der Waals surface area contributed by atoms with Gasteiger partial charge in [-0.15, -0.1) is 11.3 Å². The molecule has 0 spiro atoms. The van der Waals surface area contributed by atoms with Crippen LogP contribution in [0.5, 0.6) is 0 Å². The minimum atomic E-state index is -0.650. The molecule has 1 aromatic heterocycles. The number of carboxylic acids is 1. The Labute approximate surface area is 99.5 Å². The molecule has 0 radical (unpaired) electrons. The summed E-state index contributed by atoms with van der Waals surface area (Å²) >= 11 is 1.71. The van der Waals surface area contributed by atoms with Crippen molar-refractivity contribution in [2.45, 2.75) is 38.3 Å². The average molecular weight is 239 g/mol. The van der Waals surface area contributed by atoms with Crippen LogP contribution in [0.3, 0.4) is 0 Å². The van der Waals surface area contributed by atoms with Crippen LogP contribution in [0, 0.1) is 5.92 Å². The molecule has 2 rings (SSSR count). The molecule has 0 bridgehead atoms. The zero-order valence-corrected chi connectivity index (χ0v) is 10.0. The van der Waals surface area contributed by atoms with Crippen LogP contribution < -0.4 is 5.32 Å². The van der Waals surface area contributed by atoms with Gasteiger partial charge in [-0.1, -0.05) is 18.9 Å². The number of thiophene rings is 1. The van der Waals surface area contributed by atoms with Crippen molar-refractivity contribution >= 4 is 17.3 Å². The molecule has 0 aromatic carbocycles. The van der Waals surface area contributed by atoms with Gasteiger partial charge in [-0.05, 0) is 24.3 Å². The molecule has 1 aliphatic rings. The monoisotopic (exact) mass is 239 g/mol. The van der Waals surface area contributed by atoms with Gasteiger partial charge in [0, 0.05) is 17.5 Å². The largest absolute Gasteiger partial charge is 0.481 e. The number of rotatable bonds is 4. The molecule has 1 heterocycles. The fourth-order valence-electron chi connectivity index (χ4n) is 2.32. The number of hydrogen-bond acceptors (Lipinski definition) is 3. The van der Waals surface area contributed by atoms with Gasteiger partial charge in [0.2, 0.25) is 0 Å². The maximum atomic E-state index is 11.1. The van der Waals surface area contributed by atoms with E-state index in [1.54, 1.807) is 11.3 Å². The Bertz CT molecular complexity index is 337. The maximum absolute atomic E-state index is 11.1. The average Bonchev–Trinajstić information content (AvgIpc) is 2.79. The summed E-state index contributed by atoms with van der Waals surface area (Å²) in [5.74, 6) is -0.850. The molecule has 4 heteroatoms. The van der Waals surface area contributed by atoms with Crippen molar-refractivity contribution in [2.24, 2.45) is 5.92 Å². The van der Waals surface area contributed by atoms with E-state index in [1.807, 2.05) is 11.4 Å². The van der Waals surface area contributed by atoms with Crippen molar-refractivity contribution in [1.29, 1.82) is 0 Å². The van der Waals surface area contributed by atoms with Crippen molar-refractivity contribution in [3.8, 4) is 0 Å². The van der Waals surface area contributed by atoms with Gasteiger partial charge in [0.25, 0.3) is 0 Å². The molecule has 3 nitrogen and oxygen atoms in total. The molecule has 16 heavy (non-hydrogen) atoms. The molecule has 1 fully saturated rings. The molecular formula is C12H17NO2S. The molecule has 88 valence electrons. The minimum absolute atomic E-state index is 0.147. The third-order valence-corrected chi connectivity index (χ3v) is 4.08. The molecule has 1 aromatic rings. The lowest BCUT2D eigenvalue weighted by atomic mass is 9.84. The Morgan fingerprint density at radius 2 is 2.31 bits per heavy atom. The Hall–Kier alpha value is -0.870. The van der Waals surface area contributed by atoms with E-state index in [-0.39, 0.29) is 12.0 Å². The highest BCUT2D eigenvalue weighted by atomic mass is 32.1. The van der Waals surface area contributed by atoms with Gasteiger partial charge in [0.15, 0.2) is 0 Å². The van der Waals surface area contributed by atoms with E-state index in [2.05, 4.69) is 11.4 Å². The quantitative estimate of drug-likeness (QED) is 0.848. The van der Waals surface area contributed by atoms with E-state index in [4.69, 9.17) is 5.11 Å². The second-order valence-corrected chi connectivity index (χ2v) is 5.33. The van der Waals surface area contributed by atoms with E-state index < -0.39 is 5.97 Å². The molecular weight excluding hydrogens is 222 g/mol. The number of aliphatic carboxylic acids is 1. The van der Waals surface area contributed by atoms with Crippen LogP contribution in [0.15, 0.2) is 17.5 Å². The van der Waals surface area contributed by atoms with Crippen molar-refractivity contribution in [3.05, 3.63) is 22.4 Å². The van der Waals surface area contributed by atoms with Crippen LogP contribution in [0.2, 0.25) is 0 Å². The lowest BCUT2D eigenvalue weighted by Crippen LogP contribution is -2.41. The third kappa shape index (κ3) is 2.83. The summed E-state index contributed by atoms with van der Waals surface area (Å²) in [6, 6.07) is 4.25. The SMILES string of the molecule is O=C(O)[C@H]1CCCC[C@H]1NCc1cccs1. The number of nitrogens with one attached hydrogen (secondary N) is 1. The fraction of sp³-hybridized carbons (Fsp3) is 0.583. The summed E-state index contributed by atoms with van der Waals surface area (Å²) in [7, 11) is 0. The van der Waals surface area contributed by atoms with Crippen LogP contribution in [0.25, 0.3) is 0 Å². The van der Waals surface area contributed by atoms with Crippen molar-refractivity contribution in [3.63, 3.8) is 0 Å². The van der Waals surface area contributed by atoms with E-state index in [0.717, 1.165) is 32.2 Å². The first-order valence-corrected chi connectivity index (χ1v) is 6.64. The highest BCUT2D eigenvalue weighted by Crippen LogP contribution is 2.25. The van der Waals surface area contributed by atoms with Crippen LogP contribution in [0.4, 0.5) is 0 Å². The van der Waals surface area contributed by atoms with E-state index >= 15 is 0 Å². The van der Waals surface area contributed by atoms with E-state index in [0.29, 0.717) is 0 Å². The highest BCUT2D eigenvalue weighted by molar-refractivity contribution is 7.09. The number of carbonyl (C=O) groups is 1. The van der Waals surface area contributed by atoms with Gasteiger partial charge < -0.3 is 10.4 Å². The Balaban J connectivity index is 1.89. The zero-order valence-electron chi connectivity index (χ0n) is 9.19. The first-order valence-electron chi connectivity index (χ1n) is 5.76. The summed E-state index contributed by atoms with van der Waals surface area (Å²) in [6.45, 7) is 0.798. The van der Waals surface area contributed by atoms with Crippen molar-refractivity contribution in [2.75, 3.05) is 0 Å². The molecule has 1 saturated carbocycles. The predicted octanol–water partition coefficient (Wildman–Crippen LogP) is 2.48. The summed E-state index contributed by atoms with van der Waals surface area (Å²) in [5, 5.41) is 14.6. The van der Waals surface area contributed by atoms with E-state index in [1.165, 1.54) is 4.88 Å². The van der Waals surface area contributed by atoms with Crippen LogP contribution >= 0.6 is 11.3 Å². The number of hydrogen-bond donors (Lipinski definition) is 2. The second kappa shape index (κ2) is 5.46. The van der Waals surface area contributed by atoms with Crippen molar-refractivity contribution in [1.82, 2.24) is 5.32 Å². The normalized spacial score (nSPS) is 25.5. The van der Waals surface area contributed by atoms with Crippen LogP contribution in [0.1, 0.15) is 30.6 Å². The van der Waals surface area contributed by atoms with Crippen LogP contribution in [-0.4, -0.2) is 17.1 Å². The first kappa shape index (κ1) is 11.6. The second-order valence-electron chi connectivity index (χ2n) is 4.30. The molecule has 0 saturated heterocycles. The van der Waals surface area contributed by atoms with E-state index in [9.17, 15) is 4.79 Å². The van der Waals surface area contributed by atoms with Gasteiger partial charge in [0.1, 0.15) is 0 Å². The van der Waals surface area contributed by atoms with Gasteiger partial charge in [0.05, 0.1) is 5.92 Å². The molecule has 0 unspecified atom stereocenters. The standard InChI is InChI=1S/C12H17NO2S/c14-12(15)10-5-1-2-6-11(10)13-8-9-4-3-7-16-9/h3-4,7,10-11,13H,1-2,5-6,8H2,(H,14,15)/t10-,11+/m0/s1. The Morgan fingerprint density at radius 3 is 3.00 bits per heavy atom. The first-order chi connectivity index (χ1) is 7.77. The molecule has 1 aliphatic carbocycles. The Morgan fingerprint density at radius 1 is 1.50 bits per heavy atom. The fourth-order valence-corrected chi connectivity index (χ4v) is 2.97. The van der Waals surface area contributed by atoms with Crippen LogP contribution in [-0.2, 0) is 11.3 Å². The van der Waals surface area contributed by atoms with Gasteiger partial charge in [-0.3, -0.25) is 4.79 Å². The lowest BCUT2D eigenvalue weighted by Gasteiger charge is -2.29. The third-order valence-electron chi connectivity index (χ3n) is 3.20. The lowest BCUT2D eigenvalue weighted by molar-refractivity contribution is -0.143. The van der Waals surface area contributed by atoms with Crippen molar-refractivity contribution < 1.29 is 9.90 Å². The Kier molecular flexibility index (Phi) is 3.96. The molecule has 0 amide bonds. The molecule has 2 atom stereocenters. The molecule has 0 aliphatic heterocycles. The highest BCUT2D eigenvalue weighted by Gasteiger charge is 2.30. The summed E-state index contributed by atoms with van der Waals surface area (Å²) < 4.78 is 0. The maximum Gasteiger partial charge on any atom is 0.308 e. The van der Waals surface area contributed by atoms with Gasteiger partial charge >= 0.3 is 5.97 Å².